The lowest BCUT2D eigenvalue weighted by Gasteiger charge is -2.33. The van der Waals surface area contributed by atoms with Crippen molar-refractivity contribution in [2.24, 2.45) is 4.99 Å². The topological polar surface area (TPSA) is 32.6 Å². The second-order valence-corrected chi connectivity index (χ2v) is 11.7. The Kier molecular flexibility index (Phi) is 7.25. The molecule has 3 aromatic rings. The lowest BCUT2D eigenvalue weighted by Crippen LogP contribution is -2.23. The molecule has 168 valence electrons. The van der Waals surface area contributed by atoms with Crippen molar-refractivity contribution in [2.45, 2.75) is 65.5 Å². The van der Waals surface area contributed by atoms with Crippen molar-refractivity contribution in [3.8, 4) is 5.75 Å². The number of benzene rings is 3. The number of rotatable bonds is 6. The number of nitrogens with zero attached hydrogens (tertiary/aromatic N) is 1. The molecule has 0 aromatic heterocycles. The molecule has 0 spiro atoms. The van der Waals surface area contributed by atoms with Gasteiger partial charge in [-0.05, 0) is 59.8 Å². The molecule has 2 atom stereocenters. The van der Waals surface area contributed by atoms with Gasteiger partial charge in [0.2, 0.25) is 0 Å². The Morgan fingerprint density at radius 1 is 0.906 bits per heavy atom. The number of para-hydroxylation sites is 1. The molecule has 0 aliphatic carbocycles. The van der Waals surface area contributed by atoms with E-state index in [-0.39, 0.29) is 10.6 Å². The van der Waals surface area contributed by atoms with E-state index in [1.807, 2.05) is 43.5 Å². The maximum absolute atomic E-state index is 11.1. The van der Waals surface area contributed by atoms with Gasteiger partial charge in [-0.2, -0.15) is 0 Å². The predicted octanol–water partition coefficient (Wildman–Crippen LogP) is 7.69. The van der Waals surface area contributed by atoms with Crippen LogP contribution in [0, 0.1) is 13.8 Å². The zero-order valence-corrected chi connectivity index (χ0v) is 21.5. The Balaban J connectivity index is 2.07. The van der Waals surface area contributed by atoms with Crippen LogP contribution >= 0.6 is 8.58 Å². The monoisotopic (exact) mass is 445 g/mol. The van der Waals surface area contributed by atoms with Crippen LogP contribution in [0.3, 0.4) is 0 Å². The highest BCUT2D eigenvalue weighted by Crippen LogP contribution is 2.49. The number of hydrogen-bond donors (Lipinski definition) is 1. The summed E-state index contributed by atoms with van der Waals surface area (Å²) in [6, 6.07) is 20.8. The first-order chi connectivity index (χ1) is 15.0. The van der Waals surface area contributed by atoms with E-state index in [0.717, 1.165) is 28.8 Å². The highest BCUT2D eigenvalue weighted by Gasteiger charge is 2.31. The Hall–Kier alpha value is -2.44. The normalized spacial score (nSPS) is 14.3. The van der Waals surface area contributed by atoms with Crippen LogP contribution in [0.25, 0.3) is 0 Å². The minimum Gasteiger partial charge on any atom is -0.507 e. The van der Waals surface area contributed by atoms with E-state index in [9.17, 15) is 5.11 Å². The van der Waals surface area contributed by atoms with E-state index in [2.05, 4.69) is 71.9 Å². The van der Waals surface area contributed by atoms with Crippen LogP contribution < -0.4 is 5.30 Å². The number of hydrogen-bond acceptors (Lipinski definition) is 2. The summed E-state index contributed by atoms with van der Waals surface area (Å²) < 4.78 is 0. The molecule has 32 heavy (non-hydrogen) atoms. The molecular weight excluding hydrogens is 409 g/mol. The fourth-order valence-electron chi connectivity index (χ4n) is 3.88. The van der Waals surface area contributed by atoms with Crippen LogP contribution in [0.5, 0.6) is 5.75 Å². The summed E-state index contributed by atoms with van der Waals surface area (Å²) in [5, 5.41) is 12.2. The number of aryl methyl sites for hydroxylation is 2. The molecule has 0 saturated heterocycles. The van der Waals surface area contributed by atoms with Crippen LogP contribution in [-0.4, -0.2) is 11.3 Å². The summed E-state index contributed by atoms with van der Waals surface area (Å²) in [6.45, 7) is 15.4. The first kappa shape index (κ1) is 24.2. The van der Waals surface area contributed by atoms with Crippen molar-refractivity contribution in [1.29, 1.82) is 0 Å². The third-order valence-electron chi connectivity index (χ3n) is 6.28. The zero-order chi connectivity index (χ0) is 23.5. The van der Waals surface area contributed by atoms with Crippen molar-refractivity contribution in [3.05, 3.63) is 88.5 Å². The standard InChI is InChI=1S/C29H36NOP/c1-8-29(7,25-18-23(28(4,5)6)17-21(3)26(25)31)32-27-20(2)13-12-14-22(27)19-30-24-15-10-9-11-16-24/h9-19,31-32H,8H2,1-7H3/b30-19+. The molecule has 0 heterocycles. The predicted molar refractivity (Wildman–Crippen MR) is 142 cm³/mol. The molecule has 0 aliphatic rings. The Labute approximate surface area is 195 Å². The highest BCUT2D eigenvalue weighted by molar-refractivity contribution is 7.49. The Bertz CT molecular complexity index is 1110. The van der Waals surface area contributed by atoms with Crippen LogP contribution in [0.4, 0.5) is 5.69 Å². The van der Waals surface area contributed by atoms with Crippen molar-refractivity contribution in [2.75, 3.05) is 0 Å². The van der Waals surface area contributed by atoms with Gasteiger partial charge < -0.3 is 5.11 Å². The van der Waals surface area contributed by atoms with Gasteiger partial charge in [0, 0.05) is 22.5 Å². The Morgan fingerprint density at radius 2 is 1.59 bits per heavy atom. The first-order valence-corrected chi connectivity index (χ1v) is 12.4. The third-order valence-corrected chi connectivity index (χ3v) is 8.39. The molecular formula is C29H36NOP. The van der Waals surface area contributed by atoms with E-state index in [1.165, 1.54) is 16.4 Å². The smallest absolute Gasteiger partial charge is 0.122 e. The van der Waals surface area contributed by atoms with E-state index in [0.29, 0.717) is 14.3 Å². The molecule has 2 unspecified atom stereocenters. The molecule has 0 amide bonds. The molecule has 0 aliphatic heterocycles. The minimum absolute atomic E-state index is 0.0289. The van der Waals surface area contributed by atoms with Gasteiger partial charge in [0.25, 0.3) is 0 Å². The van der Waals surface area contributed by atoms with Crippen molar-refractivity contribution >= 4 is 25.8 Å². The number of aliphatic imine (C=N–C) groups is 1. The first-order valence-electron chi connectivity index (χ1n) is 11.4. The van der Waals surface area contributed by atoms with Gasteiger partial charge in [0.05, 0.1) is 5.69 Å². The summed E-state index contributed by atoms with van der Waals surface area (Å²) in [5.41, 5.74) is 6.67. The van der Waals surface area contributed by atoms with E-state index < -0.39 is 0 Å². The molecule has 0 radical (unpaired) electrons. The van der Waals surface area contributed by atoms with Gasteiger partial charge >= 0.3 is 0 Å². The second kappa shape index (κ2) is 9.59. The summed E-state index contributed by atoms with van der Waals surface area (Å²) >= 11 is 0. The zero-order valence-electron chi connectivity index (χ0n) is 20.5. The summed E-state index contributed by atoms with van der Waals surface area (Å²) in [6.07, 6.45) is 2.92. The maximum atomic E-state index is 11.1. The summed E-state index contributed by atoms with van der Waals surface area (Å²) in [5.74, 6) is 0.433. The van der Waals surface area contributed by atoms with E-state index in [4.69, 9.17) is 4.99 Å². The molecule has 3 rings (SSSR count). The average molecular weight is 446 g/mol. The van der Waals surface area contributed by atoms with Crippen molar-refractivity contribution in [1.82, 2.24) is 0 Å². The van der Waals surface area contributed by atoms with Gasteiger partial charge in [-0.3, -0.25) is 4.99 Å². The highest BCUT2D eigenvalue weighted by atomic mass is 31.1. The van der Waals surface area contributed by atoms with Crippen LogP contribution in [0.2, 0.25) is 0 Å². The fraction of sp³-hybridized carbons (Fsp3) is 0.345. The number of phenolic OH excluding ortho intramolecular Hbond substituents is 1. The minimum atomic E-state index is -0.169. The quantitative estimate of drug-likeness (QED) is 0.306. The molecule has 3 heteroatoms. The number of aromatic hydroxyl groups is 1. The van der Waals surface area contributed by atoms with Crippen LogP contribution in [0.15, 0.2) is 65.7 Å². The lowest BCUT2D eigenvalue weighted by atomic mass is 9.82. The molecule has 3 aromatic carbocycles. The van der Waals surface area contributed by atoms with E-state index >= 15 is 0 Å². The summed E-state index contributed by atoms with van der Waals surface area (Å²) in [4.78, 5) is 4.71. The maximum Gasteiger partial charge on any atom is 0.122 e. The van der Waals surface area contributed by atoms with Crippen LogP contribution in [-0.2, 0) is 10.6 Å². The number of phenols is 1. The SMILES string of the molecule is CCC(C)(Pc1c(C)cccc1/C=N/c1ccccc1)c1cc(C(C)(C)C)cc(C)c1O. The third kappa shape index (κ3) is 5.30. The van der Waals surface area contributed by atoms with Gasteiger partial charge in [-0.1, -0.05) is 91.7 Å². The van der Waals surface area contributed by atoms with Gasteiger partial charge in [-0.15, -0.1) is 0 Å². The fourth-order valence-corrected chi connectivity index (χ4v) is 5.51. The largest absolute Gasteiger partial charge is 0.507 e. The molecule has 2 nitrogen and oxygen atoms in total. The molecule has 0 bridgehead atoms. The lowest BCUT2D eigenvalue weighted by molar-refractivity contribution is 0.450. The van der Waals surface area contributed by atoms with Gasteiger partial charge in [-0.25, -0.2) is 0 Å². The summed E-state index contributed by atoms with van der Waals surface area (Å²) in [7, 11) is 0.512. The molecule has 0 fully saturated rings. The van der Waals surface area contributed by atoms with Gasteiger partial charge in [0.15, 0.2) is 0 Å². The molecule has 0 saturated carbocycles. The van der Waals surface area contributed by atoms with Gasteiger partial charge in [0.1, 0.15) is 5.75 Å². The van der Waals surface area contributed by atoms with Crippen molar-refractivity contribution in [3.63, 3.8) is 0 Å². The van der Waals surface area contributed by atoms with Crippen LogP contribution in [0.1, 0.15) is 68.9 Å². The van der Waals surface area contributed by atoms with Crippen molar-refractivity contribution < 1.29 is 5.11 Å². The second-order valence-electron chi connectivity index (χ2n) is 9.88. The average Bonchev–Trinajstić information content (AvgIpc) is 2.75. The van der Waals surface area contributed by atoms with E-state index in [1.54, 1.807) is 0 Å². The molecule has 1 N–H and O–H groups in total. The Morgan fingerprint density at radius 3 is 2.22 bits per heavy atom.